The number of amides is 1. The number of thioether (sulfide) groups is 1. The van der Waals surface area contributed by atoms with Crippen molar-refractivity contribution < 1.29 is 4.79 Å². The minimum absolute atomic E-state index is 0.101. The van der Waals surface area contributed by atoms with Gasteiger partial charge in [0.1, 0.15) is 5.03 Å². The molecule has 0 radical (unpaired) electrons. The van der Waals surface area contributed by atoms with Crippen molar-refractivity contribution in [1.82, 2.24) is 24.7 Å². The number of hydrogen-bond donors (Lipinski definition) is 0. The lowest BCUT2D eigenvalue weighted by Gasteiger charge is -2.29. The van der Waals surface area contributed by atoms with Gasteiger partial charge in [-0.1, -0.05) is 18.7 Å². The van der Waals surface area contributed by atoms with Crippen LogP contribution in [0.5, 0.6) is 0 Å². The summed E-state index contributed by atoms with van der Waals surface area (Å²) >= 11 is 5.50. The summed E-state index contributed by atoms with van der Waals surface area (Å²) < 4.78 is 2.98. The van der Waals surface area contributed by atoms with Gasteiger partial charge in [0.05, 0.1) is 13.0 Å². The minimum atomic E-state index is -0.101. The first-order chi connectivity index (χ1) is 13.2. The Bertz CT molecular complexity index is 950. The van der Waals surface area contributed by atoms with Crippen molar-refractivity contribution in [2.75, 3.05) is 13.1 Å². The van der Waals surface area contributed by atoms with E-state index >= 15 is 0 Å². The van der Waals surface area contributed by atoms with Crippen molar-refractivity contribution in [2.24, 2.45) is 0 Å². The predicted octanol–water partition coefficient (Wildman–Crippen LogP) is 4.34. The summed E-state index contributed by atoms with van der Waals surface area (Å²) in [7, 11) is 0. The summed E-state index contributed by atoms with van der Waals surface area (Å²) in [5.74, 6) is 0.983. The van der Waals surface area contributed by atoms with Gasteiger partial charge in [-0.2, -0.15) is 9.61 Å². The molecule has 142 valence electrons. The van der Waals surface area contributed by atoms with E-state index in [-0.39, 0.29) is 11.2 Å². The molecule has 3 aromatic rings. The van der Waals surface area contributed by atoms with E-state index < -0.39 is 0 Å². The van der Waals surface area contributed by atoms with Crippen LogP contribution in [0.1, 0.15) is 32.6 Å². The molecule has 1 atom stereocenters. The molecule has 6 nitrogen and oxygen atoms in total. The van der Waals surface area contributed by atoms with Gasteiger partial charge in [0.2, 0.25) is 5.91 Å². The number of hydrogen-bond acceptors (Lipinski definition) is 6. The molecule has 3 aromatic heterocycles. The fourth-order valence-electron chi connectivity index (χ4n) is 3.20. The average Bonchev–Trinajstić information content (AvgIpc) is 3.31. The zero-order valence-electron chi connectivity index (χ0n) is 15.0. The number of carbonyl (C=O) groups excluding carboxylic acids is 1. The zero-order chi connectivity index (χ0) is 18.8. The van der Waals surface area contributed by atoms with Gasteiger partial charge < -0.3 is 4.90 Å². The van der Waals surface area contributed by atoms with Crippen LogP contribution in [-0.2, 0) is 4.79 Å². The van der Waals surface area contributed by atoms with Crippen LogP contribution in [-0.4, -0.2) is 49.0 Å². The molecular weight excluding hydrogens is 493 g/mol. The summed E-state index contributed by atoms with van der Waals surface area (Å²) in [6, 6.07) is 7.95. The number of thiophene rings is 1. The van der Waals surface area contributed by atoms with E-state index in [2.05, 4.69) is 45.8 Å². The molecule has 4 rings (SSSR count). The second-order valence-corrected chi connectivity index (χ2v) is 10.7. The standard InChI is InChI=1S/C18H20IN5OS2/c1-2-12(18(25)23-10-4-3-5-11-23)27-16-9-8-15-20-21-17(24(15)22-16)13-6-7-14(19)26-13/h6-9,12H,2-5,10-11H2,1H3/t12-/m1/s1. The van der Waals surface area contributed by atoms with Crippen molar-refractivity contribution in [2.45, 2.75) is 42.9 Å². The van der Waals surface area contributed by atoms with Crippen molar-refractivity contribution in [3.8, 4) is 10.7 Å². The quantitative estimate of drug-likeness (QED) is 0.375. The molecule has 1 saturated heterocycles. The number of carbonyl (C=O) groups is 1. The summed E-state index contributed by atoms with van der Waals surface area (Å²) in [6.07, 6.45) is 4.24. The number of halogens is 1. The van der Waals surface area contributed by atoms with Gasteiger partial charge >= 0.3 is 0 Å². The summed E-state index contributed by atoms with van der Waals surface area (Å²) in [4.78, 5) is 15.9. The predicted molar refractivity (Wildman–Crippen MR) is 117 cm³/mol. The van der Waals surface area contributed by atoms with Crippen LogP contribution in [0.15, 0.2) is 29.3 Å². The highest BCUT2D eigenvalue weighted by atomic mass is 127. The SMILES string of the molecule is CC[C@@H](Sc1ccc2nnc(-c3ccc(I)s3)n2n1)C(=O)N1CCCCC1. The van der Waals surface area contributed by atoms with Gasteiger partial charge in [-0.05, 0) is 72.5 Å². The van der Waals surface area contributed by atoms with Crippen molar-refractivity contribution in [1.29, 1.82) is 0 Å². The Balaban J connectivity index is 1.58. The lowest BCUT2D eigenvalue weighted by Crippen LogP contribution is -2.40. The van der Waals surface area contributed by atoms with Crippen LogP contribution in [0.4, 0.5) is 0 Å². The Hall–Kier alpha value is -1.20. The maximum atomic E-state index is 12.9. The second kappa shape index (κ2) is 8.44. The Labute approximate surface area is 179 Å². The molecule has 0 unspecified atom stereocenters. The summed E-state index contributed by atoms with van der Waals surface area (Å²) in [5.41, 5.74) is 0.716. The zero-order valence-corrected chi connectivity index (χ0v) is 18.8. The first-order valence-corrected chi connectivity index (χ1v) is 11.9. The molecule has 1 aliphatic rings. The van der Waals surface area contributed by atoms with E-state index in [1.54, 1.807) is 27.6 Å². The van der Waals surface area contributed by atoms with E-state index in [0.29, 0.717) is 5.65 Å². The Morgan fingerprint density at radius 3 is 2.74 bits per heavy atom. The Morgan fingerprint density at radius 1 is 1.22 bits per heavy atom. The number of rotatable bonds is 5. The van der Waals surface area contributed by atoms with Gasteiger partial charge in [0.25, 0.3) is 0 Å². The van der Waals surface area contributed by atoms with Crippen LogP contribution in [0.3, 0.4) is 0 Å². The third kappa shape index (κ3) is 4.14. The van der Waals surface area contributed by atoms with E-state index in [0.717, 1.165) is 48.1 Å². The highest BCUT2D eigenvalue weighted by Gasteiger charge is 2.26. The second-order valence-electron chi connectivity index (χ2n) is 6.47. The van der Waals surface area contributed by atoms with Crippen molar-refractivity contribution in [3.05, 3.63) is 27.1 Å². The van der Waals surface area contributed by atoms with Crippen LogP contribution in [0.2, 0.25) is 0 Å². The van der Waals surface area contributed by atoms with Crippen LogP contribution >= 0.6 is 45.7 Å². The van der Waals surface area contributed by atoms with E-state index in [9.17, 15) is 4.79 Å². The molecule has 9 heteroatoms. The van der Waals surface area contributed by atoms with E-state index in [1.165, 1.54) is 9.30 Å². The summed E-state index contributed by atoms with van der Waals surface area (Å²) in [6.45, 7) is 3.83. The van der Waals surface area contributed by atoms with Gasteiger partial charge in [0.15, 0.2) is 11.5 Å². The Morgan fingerprint density at radius 2 is 2.04 bits per heavy atom. The smallest absolute Gasteiger partial charge is 0.236 e. The number of piperidine rings is 1. The molecule has 0 N–H and O–H groups in total. The van der Waals surface area contributed by atoms with E-state index in [4.69, 9.17) is 5.10 Å². The van der Waals surface area contributed by atoms with Crippen LogP contribution in [0, 0.1) is 2.88 Å². The van der Waals surface area contributed by atoms with Gasteiger partial charge in [-0.15, -0.1) is 21.5 Å². The third-order valence-electron chi connectivity index (χ3n) is 4.61. The number of fused-ring (bicyclic) bond motifs is 1. The van der Waals surface area contributed by atoms with Crippen LogP contribution < -0.4 is 0 Å². The molecule has 1 amide bonds. The molecule has 27 heavy (non-hydrogen) atoms. The van der Waals surface area contributed by atoms with Gasteiger partial charge in [-0.25, -0.2) is 0 Å². The summed E-state index contributed by atoms with van der Waals surface area (Å²) in [5, 5.41) is 14.0. The maximum Gasteiger partial charge on any atom is 0.236 e. The first-order valence-electron chi connectivity index (χ1n) is 9.09. The molecule has 0 aromatic carbocycles. The molecule has 0 saturated carbocycles. The molecule has 1 aliphatic heterocycles. The molecular formula is C18H20IN5OS2. The molecule has 0 bridgehead atoms. The van der Waals surface area contributed by atoms with Crippen molar-refractivity contribution >= 4 is 57.2 Å². The monoisotopic (exact) mass is 513 g/mol. The largest absolute Gasteiger partial charge is 0.342 e. The maximum absolute atomic E-state index is 12.9. The lowest BCUT2D eigenvalue weighted by molar-refractivity contribution is -0.131. The molecule has 1 fully saturated rings. The number of likely N-dealkylation sites (tertiary alicyclic amines) is 1. The normalized spacial score (nSPS) is 16.0. The topological polar surface area (TPSA) is 63.4 Å². The number of aromatic nitrogens is 4. The fraction of sp³-hybridized carbons (Fsp3) is 0.444. The van der Waals surface area contributed by atoms with Crippen LogP contribution in [0.25, 0.3) is 16.3 Å². The van der Waals surface area contributed by atoms with Gasteiger partial charge in [0, 0.05) is 13.1 Å². The Kier molecular flexibility index (Phi) is 5.98. The lowest BCUT2D eigenvalue weighted by atomic mass is 10.1. The fourth-order valence-corrected chi connectivity index (χ4v) is 5.77. The van der Waals surface area contributed by atoms with Crippen molar-refractivity contribution in [3.63, 3.8) is 0 Å². The minimum Gasteiger partial charge on any atom is -0.342 e. The highest BCUT2D eigenvalue weighted by molar-refractivity contribution is 14.1. The highest BCUT2D eigenvalue weighted by Crippen LogP contribution is 2.30. The van der Waals surface area contributed by atoms with Gasteiger partial charge in [-0.3, -0.25) is 4.79 Å². The molecule has 4 heterocycles. The van der Waals surface area contributed by atoms with E-state index in [1.807, 2.05) is 23.1 Å². The number of nitrogens with zero attached hydrogens (tertiary/aromatic N) is 5. The average molecular weight is 513 g/mol. The first kappa shape index (κ1) is 19.1. The molecule has 0 spiro atoms. The third-order valence-corrected chi connectivity index (χ3v) is 7.78. The molecule has 0 aliphatic carbocycles.